The van der Waals surface area contributed by atoms with Gasteiger partial charge in [0.05, 0.1) is 0 Å². The standard InChI is InChI=1S/C20H26N2O2/c1-3-22(4-2)15-9-14-21-20(23)17-10-8-13-19(16-17)24-18-11-6-5-7-12-18/h5-8,10-13,16H,3-4,9,14-15H2,1-2H3,(H,21,23). The Bertz CT molecular complexity index is 625. The third-order valence-corrected chi connectivity index (χ3v) is 3.91. The summed E-state index contributed by atoms with van der Waals surface area (Å²) in [4.78, 5) is 14.6. The van der Waals surface area contributed by atoms with Crippen molar-refractivity contribution in [3.05, 3.63) is 60.2 Å². The number of nitrogens with zero attached hydrogens (tertiary/aromatic N) is 1. The van der Waals surface area contributed by atoms with Crippen molar-refractivity contribution in [2.24, 2.45) is 0 Å². The van der Waals surface area contributed by atoms with Crippen LogP contribution in [0.2, 0.25) is 0 Å². The monoisotopic (exact) mass is 326 g/mol. The number of nitrogens with one attached hydrogen (secondary N) is 1. The highest BCUT2D eigenvalue weighted by Crippen LogP contribution is 2.21. The van der Waals surface area contributed by atoms with Crippen LogP contribution in [0.1, 0.15) is 30.6 Å². The maximum Gasteiger partial charge on any atom is 0.251 e. The van der Waals surface area contributed by atoms with Gasteiger partial charge in [-0.3, -0.25) is 4.79 Å². The van der Waals surface area contributed by atoms with Gasteiger partial charge in [0.1, 0.15) is 11.5 Å². The van der Waals surface area contributed by atoms with Crippen molar-refractivity contribution in [2.75, 3.05) is 26.2 Å². The Kier molecular flexibility index (Phi) is 7.30. The second-order valence-electron chi connectivity index (χ2n) is 5.58. The van der Waals surface area contributed by atoms with Crippen LogP contribution in [0, 0.1) is 0 Å². The zero-order chi connectivity index (χ0) is 17.2. The number of amides is 1. The van der Waals surface area contributed by atoms with Crippen LogP contribution in [0.3, 0.4) is 0 Å². The smallest absolute Gasteiger partial charge is 0.251 e. The number of hydrogen-bond acceptors (Lipinski definition) is 3. The molecule has 1 N–H and O–H groups in total. The van der Waals surface area contributed by atoms with Gasteiger partial charge in [-0.2, -0.15) is 0 Å². The number of para-hydroxylation sites is 1. The predicted octanol–water partition coefficient (Wildman–Crippen LogP) is 3.94. The van der Waals surface area contributed by atoms with Crippen molar-refractivity contribution < 1.29 is 9.53 Å². The molecule has 0 spiro atoms. The SMILES string of the molecule is CCN(CC)CCCNC(=O)c1cccc(Oc2ccccc2)c1. The summed E-state index contributed by atoms with van der Waals surface area (Å²) >= 11 is 0. The van der Waals surface area contributed by atoms with Gasteiger partial charge in [0, 0.05) is 12.1 Å². The van der Waals surface area contributed by atoms with Crippen LogP contribution in [0.4, 0.5) is 0 Å². The van der Waals surface area contributed by atoms with Crippen LogP contribution >= 0.6 is 0 Å². The quantitative estimate of drug-likeness (QED) is 0.710. The van der Waals surface area contributed by atoms with E-state index in [-0.39, 0.29) is 5.91 Å². The van der Waals surface area contributed by atoms with E-state index < -0.39 is 0 Å². The van der Waals surface area contributed by atoms with E-state index in [4.69, 9.17) is 4.74 Å². The molecule has 4 heteroatoms. The van der Waals surface area contributed by atoms with E-state index >= 15 is 0 Å². The zero-order valence-corrected chi connectivity index (χ0v) is 14.5. The number of hydrogen-bond donors (Lipinski definition) is 1. The topological polar surface area (TPSA) is 41.6 Å². The first-order chi connectivity index (χ1) is 11.7. The largest absolute Gasteiger partial charge is 0.457 e. The lowest BCUT2D eigenvalue weighted by molar-refractivity contribution is 0.0951. The lowest BCUT2D eigenvalue weighted by Gasteiger charge is -2.17. The molecule has 0 unspecified atom stereocenters. The van der Waals surface area contributed by atoms with E-state index in [1.54, 1.807) is 12.1 Å². The Balaban J connectivity index is 1.85. The molecule has 0 aliphatic rings. The van der Waals surface area contributed by atoms with E-state index in [2.05, 4.69) is 24.1 Å². The summed E-state index contributed by atoms with van der Waals surface area (Å²) in [5.74, 6) is 1.36. The average Bonchev–Trinajstić information content (AvgIpc) is 2.63. The summed E-state index contributed by atoms with van der Waals surface area (Å²) in [7, 11) is 0. The van der Waals surface area contributed by atoms with Gasteiger partial charge in [-0.05, 0) is 56.4 Å². The third kappa shape index (κ3) is 5.70. The Morgan fingerprint density at radius 1 is 1.00 bits per heavy atom. The molecule has 0 fully saturated rings. The molecule has 2 rings (SSSR count). The Labute approximate surface area is 144 Å². The minimum absolute atomic E-state index is 0.0620. The molecule has 0 aliphatic heterocycles. The van der Waals surface area contributed by atoms with Gasteiger partial charge in [0.25, 0.3) is 5.91 Å². The van der Waals surface area contributed by atoms with Gasteiger partial charge in [-0.25, -0.2) is 0 Å². The summed E-state index contributed by atoms with van der Waals surface area (Å²) in [6.45, 7) is 8.08. The molecule has 24 heavy (non-hydrogen) atoms. The van der Waals surface area contributed by atoms with Crippen LogP contribution in [0.15, 0.2) is 54.6 Å². The first-order valence-corrected chi connectivity index (χ1v) is 8.56. The maximum absolute atomic E-state index is 12.3. The Morgan fingerprint density at radius 3 is 2.42 bits per heavy atom. The van der Waals surface area contributed by atoms with E-state index in [0.29, 0.717) is 17.9 Å². The molecule has 0 aliphatic carbocycles. The summed E-state index contributed by atoms with van der Waals surface area (Å²) in [6.07, 6.45) is 0.952. The number of carbonyl (C=O) groups is 1. The van der Waals surface area contributed by atoms with E-state index in [9.17, 15) is 4.79 Å². The zero-order valence-electron chi connectivity index (χ0n) is 14.5. The van der Waals surface area contributed by atoms with E-state index in [1.165, 1.54) is 0 Å². The van der Waals surface area contributed by atoms with Crippen molar-refractivity contribution in [1.82, 2.24) is 10.2 Å². The fourth-order valence-electron chi connectivity index (χ4n) is 2.47. The van der Waals surface area contributed by atoms with Crippen LogP contribution in [0.5, 0.6) is 11.5 Å². The molecule has 2 aromatic carbocycles. The first-order valence-electron chi connectivity index (χ1n) is 8.56. The summed E-state index contributed by atoms with van der Waals surface area (Å²) in [5.41, 5.74) is 0.617. The molecule has 0 bridgehead atoms. The third-order valence-electron chi connectivity index (χ3n) is 3.91. The van der Waals surface area contributed by atoms with Crippen LogP contribution in [-0.2, 0) is 0 Å². The van der Waals surface area contributed by atoms with E-state index in [1.807, 2.05) is 42.5 Å². The molecule has 1 amide bonds. The highest BCUT2D eigenvalue weighted by Gasteiger charge is 2.07. The summed E-state index contributed by atoms with van der Waals surface area (Å²) < 4.78 is 5.77. The molecule has 4 nitrogen and oxygen atoms in total. The first kappa shape index (κ1) is 18.0. The van der Waals surface area contributed by atoms with Crippen LogP contribution in [0.25, 0.3) is 0 Å². The summed E-state index contributed by atoms with van der Waals surface area (Å²) in [5, 5.41) is 2.97. The van der Waals surface area contributed by atoms with Gasteiger partial charge in [-0.15, -0.1) is 0 Å². The number of rotatable bonds is 9. The molecular weight excluding hydrogens is 300 g/mol. The van der Waals surface area contributed by atoms with Crippen LogP contribution < -0.4 is 10.1 Å². The molecule has 2 aromatic rings. The minimum Gasteiger partial charge on any atom is -0.457 e. The van der Waals surface area contributed by atoms with Crippen molar-refractivity contribution >= 4 is 5.91 Å². The van der Waals surface area contributed by atoms with Gasteiger partial charge < -0.3 is 15.0 Å². The molecule has 0 aromatic heterocycles. The number of carbonyl (C=O) groups excluding carboxylic acids is 1. The molecule has 0 saturated heterocycles. The molecule has 0 saturated carbocycles. The maximum atomic E-state index is 12.3. The summed E-state index contributed by atoms with van der Waals surface area (Å²) in [6, 6.07) is 16.8. The fraction of sp³-hybridized carbons (Fsp3) is 0.350. The normalized spacial score (nSPS) is 10.6. The van der Waals surface area contributed by atoms with Gasteiger partial charge in [0.2, 0.25) is 0 Å². The minimum atomic E-state index is -0.0620. The lowest BCUT2D eigenvalue weighted by Crippen LogP contribution is -2.29. The Morgan fingerprint density at radius 2 is 1.71 bits per heavy atom. The lowest BCUT2D eigenvalue weighted by atomic mass is 10.2. The van der Waals surface area contributed by atoms with E-state index in [0.717, 1.165) is 31.8 Å². The molecule has 0 radical (unpaired) electrons. The van der Waals surface area contributed by atoms with Crippen molar-refractivity contribution in [1.29, 1.82) is 0 Å². The number of ether oxygens (including phenoxy) is 1. The van der Waals surface area contributed by atoms with Gasteiger partial charge in [-0.1, -0.05) is 38.1 Å². The van der Waals surface area contributed by atoms with Crippen molar-refractivity contribution in [3.63, 3.8) is 0 Å². The molecule has 0 heterocycles. The fourth-order valence-corrected chi connectivity index (χ4v) is 2.47. The predicted molar refractivity (Wildman–Crippen MR) is 97.7 cm³/mol. The van der Waals surface area contributed by atoms with Crippen LogP contribution in [-0.4, -0.2) is 37.0 Å². The molecular formula is C20H26N2O2. The highest BCUT2D eigenvalue weighted by molar-refractivity contribution is 5.94. The number of benzene rings is 2. The Hall–Kier alpha value is -2.33. The van der Waals surface area contributed by atoms with Gasteiger partial charge in [0.15, 0.2) is 0 Å². The average molecular weight is 326 g/mol. The van der Waals surface area contributed by atoms with Crippen molar-refractivity contribution in [2.45, 2.75) is 20.3 Å². The molecule has 0 atom stereocenters. The highest BCUT2D eigenvalue weighted by atomic mass is 16.5. The van der Waals surface area contributed by atoms with Gasteiger partial charge >= 0.3 is 0 Å². The molecule has 128 valence electrons. The second kappa shape index (κ2) is 9.73. The van der Waals surface area contributed by atoms with Crippen molar-refractivity contribution in [3.8, 4) is 11.5 Å². The second-order valence-corrected chi connectivity index (χ2v) is 5.58.